The van der Waals surface area contributed by atoms with Crippen molar-refractivity contribution in [3.05, 3.63) is 40.4 Å². The molecule has 1 aliphatic rings. The lowest BCUT2D eigenvalue weighted by atomic mass is 10.2. The highest BCUT2D eigenvalue weighted by molar-refractivity contribution is 6.02. The van der Waals surface area contributed by atoms with Crippen molar-refractivity contribution in [1.29, 1.82) is 0 Å². The first-order valence-corrected chi connectivity index (χ1v) is 11.2. The van der Waals surface area contributed by atoms with E-state index in [4.69, 9.17) is 19.9 Å². The van der Waals surface area contributed by atoms with Crippen LogP contribution in [0.3, 0.4) is 0 Å². The zero-order valence-corrected chi connectivity index (χ0v) is 19.2. The molecular weight excluding hydrogens is 442 g/mol. The van der Waals surface area contributed by atoms with Gasteiger partial charge < -0.3 is 19.9 Å². The molecule has 2 N–H and O–H groups in total. The predicted octanol–water partition coefficient (Wildman–Crippen LogP) is 1.50. The maximum Gasteiger partial charge on any atom is 0.331 e. The van der Waals surface area contributed by atoms with Gasteiger partial charge in [0, 0.05) is 12.2 Å². The van der Waals surface area contributed by atoms with Gasteiger partial charge >= 0.3 is 11.7 Å². The van der Waals surface area contributed by atoms with E-state index in [2.05, 4.69) is 9.97 Å². The number of carbonyl (C=O) groups excluding carboxylic acids is 2. The van der Waals surface area contributed by atoms with Gasteiger partial charge in [-0.25, -0.2) is 14.8 Å². The molecule has 11 nitrogen and oxygen atoms in total. The van der Waals surface area contributed by atoms with Crippen LogP contribution in [0.2, 0.25) is 0 Å². The summed E-state index contributed by atoms with van der Waals surface area (Å²) in [5.74, 6) is -0.560. The molecule has 3 aromatic rings. The van der Waals surface area contributed by atoms with Gasteiger partial charge in [0.1, 0.15) is 17.8 Å². The molecule has 0 bridgehead atoms. The van der Waals surface area contributed by atoms with Crippen LogP contribution in [-0.2, 0) is 27.4 Å². The average Bonchev–Trinajstić information content (AvgIpc) is 3.42. The molecule has 180 valence electrons. The van der Waals surface area contributed by atoms with Gasteiger partial charge in [-0.05, 0) is 51.0 Å². The van der Waals surface area contributed by atoms with Gasteiger partial charge in [-0.2, -0.15) is 0 Å². The second-order valence-corrected chi connectivity index (χ2v) is 7.81. The van der Waals surface area contributed by atoms with Gasteiger partial charge in [-0.3, -0.25) is 18.7 Å². The van der Waals surface area contributed by atoms with Gasteiger partial charge in [0.25, 0.3) is 5.91 Å². The first kappa shape index (κ1) is 23.4. The summed E-state index contributed by atoms with van der Waals surface area (Å²) in [7, 11) is 0. The summed E-state index contributed by atoms with van der Waals surface area (Å²) >= 11 is 0. The Morgan fingerprint density at radius 1 is 1.15 bits per heavy atom. The molecule has 0 spiro atoms. The Bertz CT molecular complexity index is 1260. The zero-order valence-electron chi connectivity index (χ0n) is 19.2. The smallest absolute Gasteiger partial charge is 0.331 e. The van der Waals surface area contributed by atoms with Crippen molar-refractivity contribution in [2.75, 3.05) is 19.8 Å². The number of benzene rings is 1. The van der Waals surface area contributed by atoms with E-state index in [-0.39, 0.29) is 41.9 Å². The molecule has 34 heavy (non-hydrogen) atoms. The van der Waals surface area contributed by atoms with Crippen molar-refractivity contribution in [2.24, 2.45) is 5.73 Å². The molecule has 1 aliphatic heterocycles. The Balaban J connectivity index is 1.90. The third-order valence-electron chi connectivity index (χ3n) is 5.51. The number of esters is 1. The van der Waals surface area contributed by atoms with Gasteiger partial charge in [-0.1, -0.05) is 0 Å². The molecule has 0 aliphatic carbocycles. The van der Waals surface area contributed by atoms with Crippen molar-refractivity contribution < 1.29 is 23.8 Å². The number of ether oxygens (including phenoxy) is 3. The van der Waals surface area contributed by atoms with E-state index in [0.717, 1.165) is 17.4 Å². The van der Waals surface area contributed by atoms with Crippen LogP contribution in [0.25, 0.3) is 22.6 Å². The van der Waals surface area contributed by atoms with Crippen LogP contribution < -0.4 is 16.2 Å². The molecule has 11 heteroatoms. The second-order valence-electron chi connectivity index (χ2n) is 7.81. The number of aromatic nitrogens is 4. The maximum atomic E-state index is 13.4. The standard InChI is InChI=1S/C23H27N5O6/c1-3-32-15-9-7-14(8-10-15)21-25-18(20(24)30)19-22(26-21)28(12-16-6-5-11-34-16)23(31)27(19)13-17(29)33-4-2/h7-10,16H,3-6,11-13H2,1-2H3,(H2,24,30)/t16-/m0/s1. The Morgan fingerprint density at radius 3 is 2.53 bits per heavy atom. The molecule has 3 heterocycles. The minimum Gasteiger partial charge on any atom is -0.494 e. The van der Waals surface area contributed by atoms with E-state index >= 15 is 0 Å². The normalized spacial score (nSPS) is 15.5. The molecule has 1 atom stereocenters. The summed E-state index contributed by atoms with van der Waals surface area (Å²) in [5, 5.41) is 0. The Kier molecular flexibility index (Phi) is 6.92. The minimum absolute atomic E-state index is 0.0956. The number of nitrogens with two attached hydrogens (primary N) is 1. The lowest BCUT2D eigenvalue weighted by Crippen LogP contribution is -2.31. The summed E-state index contributed by atoms with van der Waals surface area (Å²) in [5.41, 5.74) is 5.91. The van der Waals surface area contributed by atoms with Gasteiger partial charge in [0.15, 0.2) is 17.2 Å². The van der Waals surface area contributed by atoms with Gasteiger partial charge in [-0.15, -0.1) is 0 Å². The fourth-order valence-corrected chi connectivity index (χ4v) is 4.02. The monoisotopic (exact) mass is 469 g/mol. The van der Waals surface area contributed by atoms with Crippen LogP contribution in [0, 0.1) is 0 Å². The highest BCUT2D eigenvalue weighted by Gasteiger charge is 2.27. The van der Waals surface area contributed by atoms with Crippen molar-refractivity contribution in [2.45, 2.75) is 45.9 Å². The van der Waals surface area contributed by atoms with E-state index in [1.807, 2.05) is 6.92 Å². The number of carbonyl (C=O) groups is 2. The highest BCUT2D eigenvalue weighted by Crippen LogP contribution is 2.25. The molecule has 1 aromatic carbocycles. The van der Waals surface area contributed by atoms with Crippen molar-refractivity contribution in [3.8, 4) is 17.1 Å². The number of fused-ring (bicyclic) bond motifs is 1. The van der Waals surface area contributed by atoms with E-state index < -0.39 is 24.1 Å². The zero-order chi connectivity index (χ0) is 24.2. The number of imidazole rings is 1. The summed E-state index contributed by atoms with van der Waals surface area (Å²) in [6.45, 7) is 4.68. The topological polar surface area (TPSA) is 141 Å². The molecule has 1 amide bonds. The average molecular weight is 469 g/mol. The molecule has 2 aromatic heterocycles. The Labute approximate surface area is 195 Å². The fourth-order valence-electron chi connectivity index (χ4n) is 4.02. The Morgan fingerprint density at radius 2 is 1.91 bits per heavy atom. The minimum atomic E-state index is -0.841. The highest BCUT2D eigenvalue weighted by atomic mass is 16.5. The van der Waals surface area contributed by atoms with E-state index in [0.29, 0.717) is 24.5 Å². The number of hydrogen-bond donors (Lipinski definition) is 1. The van der Waals surface area contributed by atoms with Gasteiger partial charge in [0.05, 0.1) is 25.9 Å². The van der Waals surface area contributed by atoms with E-state index in [1.165, 1.54) is 4.57 Å². The van der Waals surface area contributed by atoms with Gasteiger partial charge in [0.2, 0.25) is 0 Å². The van der Waals surface area contributed by atoms with E-state index in [1.54, 1.807) is 31.2 Å². The molecule has 1 saturated heterocycles. The van der Waals surface area contributed by atoms with Crippen LogP contribution in [-0.4, -0.2) is 56.9 Å². The van der Waals surface area contributed by atoms with Crippen LogP contribution in [0.5, 0.6) is 5.75 Å². The summed E-state index contributed by atoms with van der Waals surface area (Å²) in [6, 6.07) is 7.05. The molecule has 0 unspecified atom stereocenters. The molecule has 4 rings (SSSR count). The van der Waals surface area contributed by atoms with Crippen molar-refractivity contribution in [1.82, 2.24) is 19.1 Å². The molecule has 1 fully saturated rings. The van der Waals surface area contributed by atoms with Crippen LogP contribution >= 0.6 is 0 Å². The predicted molar refractivity (Wildman–Crippen MR) is 123 cm³/mol. The Hall–Kier alpha value is -3.73. The molecular formula is C23H27N5O6. The van der Waals surface area contributed by atoms with Crippen LogP contribution in [0.4, 0.5) is 0 Å². The first-order chi connectivity index (χ1) is 16.4. The number of amides is 1. The maximum absolute atomic E-state index is 13.4. The largest absolute Gasteiger partial charge is 0.494 e. The molecule has 0 saturated carbocycles. The number of primary amides is 1. The number of rotatable bonds is 9. The fraction of sp³-hybridized carbons (Fsp3) is 0.435. The third kappa shape index (κ3) is 4.65. The summed E-state index contributed by atoms with van der Waals surface area (Å²) in [6.07, 6.45) is 1.50. The summed E-state index contributed by atoms with van der Waals surface area (Å²) < 4.78 is 18.8. The SMILES string of the molecule is CCOC(=O)Cn1c(=O)n(C[C@@H]2CCCO2)c2nc(-c3ccc(OCC)cc3)nc(C(N)=O)c21. The van der Waals surface area contributed by atoms with Crippen LogP contribution in [0.15, 0.2) is 29.1 Å². The second kappa shape index (κ2) is 10.0. The van der Waals surface area contributed by atoms with Crippen molar-refractivity contribution >= 4 is 23.0 Å². The number of hydrogen-bond acceptors (Lipinski definition) is 8. The van der Waals surface area contributed by atoms with E-state index in [9.17, 15) is 14.4 Å². The van der Waals surface area contributed by atoms with Crippen molar-refractivity contribution in [3.63, 3.8) is 0 Å². The summed E-state index contributed by atoms with van der Waals surface area (Å²) in [4.78, 5) is 47.0. The molecule has 0 radical (unpaired) electrons. The number of nitrogens with zero attached hydrogens (tertiary/aromatic N) is 4. The first-order valence-electron chi connectivity index (χ1n) is 11.2. The lowest BCUT2D eigenvalue weighted by Gasteiger charge is -2.11. The quantitative estimate of drug-likeness (QED) is 0.465. The van der Waals surface area contributed by atoms with Crippen LogP contribution in [0.1, 0.15) is 37.2 Å². The third-order valence-corrected chi connectivity index (χ3v) is 5.51. The lowest BCUT2D eigenvalue weighted by molar-refractivity contribution is -0.143.